The van der Waals surface area contributed by atoms with Crippen molar-refractivity contribution in [2.45, 2.75) is 13.3 Å². The van der Waals surface area contributed by atoms with Crippen LogP contribution in [0.3, 0.4) is 0 Å². The lowest BCUT2D eigenvalue weighted by Gasteiger charge is -2.14. The van der Waals surface area contributed by atoms with Gasteiger partial charge < -0.3 is 14.6 Å². The molecule has 0 bridgehead atoms. The van der Waals surface area contributed by atoms with Crippen LogP contribution in [-0.4, -0.2) is 31.1 Å². The van der Waals surface area contributed by atoms with Crippen molar-refractivity contribution in [1.29, 1.82) is 0 Å². The summed E-state index contributed by atoms with van der Waals surface area (Å²) in [6.07, 6.45) is 0.481. The van der Waals surface area contributed by atoms with Gasteiger partial charge in [0.25, 0.3) is 5.78 Å². The van der Waals surface area contributed by atoms with Crippen molar-refractivity contribution in [2.75, 3.05) is 14.2 Å². The number of ether oxygens (including phenoxy) is 2. The average molecular weight is 238 g/mol. The quantitative estimate of drug-likeness (QED) is 0.622. The molecule has 0 aliphatic carbocycles. The first-order valence-electron chi connectivity index (χ1n) is 5.08. The Labute approximate surface area is 99.0 Å². The molecular weight excluding hydrogens is 224 g/mol. The third kappa shape index (κ3) is 2.38. The molecule has 0 unspecified atom stereocenters. The molecule has 1 rings (SSSR count). The zero-order chi connectivity index (χ0) is 13.0. The zero-order valence-electron chi connectivity index (χ0n) is 9.94. The van der Waals surface area contributed by atoms with Crippen molar-refractivity contribution in [3.63, 3.8) is 0 Å². The van der Waals surface area contributed by atoms with Crippen LogP contribution in [0.5, 0.6) is 11.5 Å². The van der Waals surface area contributed by atoms with E-state index < -0.39 is 11.8 Å². The largest absolute Gasteiger partial charge is 0.496 e. The van der Waals surface area contributed by atoms with Gasteiger partial charge in [0.15, 0.2) is 0 Å². The number of Topliss-reactive ketones (excluding diaryl/α,β-unsaturated/α-hetero) is 1. The number of carboxylic acid groups (broad SMARTS) is 1. The van der Waals surface area contributed by atoms with Gasteiger partial charge in [-0.3, -0.25) is 4.79 Å². The highest BCUT2D eigenvalue weighted by Gasteiger charge is 2.24. The summed E-state index contributed by atoms with van der Waals surface area (Å²) in [7, 11) is 2.86. The maximum atomic E-state index is 11.6. The summed E-state index contributed by atoms with van der Waals surface area (Å²) in [5, 5.41) is 8.79. The van der Waals surface area contributed by atoms with Crippen LogP contribution in [0.2, 0.25) is 0 Å². The van der Waals surface area contributed by atoms with Gasteiger partial charge >= 0.3 is 5.97 Å². The fraction of sp³-hybridized carbons (Fsp3) is 0.333. The topological polar surface area (TPSA) is 72.8 Å². The van der Waals surface area contributed by atoms with Gasteiger partial charge in [-0.05, 0) is 18.6 Å². The third-order valence-corrected chi connectivity index (χ3v) is 2.45. The first-order chi connectivity index (χ1) is 8.06. The number of rotatable bonds is 5. The monoisotopic (exact) mass is 238 g/mol. The molecule has 0 saturated heterocycles. The molecule has 0 heterocycles. The predicted octanol–water partition coefficient (Wildman–Crippen LogP) is 1.53. The van der Waals surface area contributed by atoms with E-state index in [0.717, 1.165) is 0 Å². The molecule has 0 radical (unpaired) electrons. The van der Waals surface area contributed by atoms with Crippen molar-refractivity contribution in [1.82, 2.24) is 0 Å². The van der Waals surface area contributed by atoms with Crippen molar-refractivity contribution in [2.24, 2.45) is 0 Å². The number of benzene rings is 1. The van der Waals surface area contributed by atoms with E-state index >= 15 is 0 Å². The second-order valence-corrected chi connectivity index (χ2v) is 3.31. The fourth-order valence-corrected chi connectivity index (χ4v) is 1.68. The smallest absolute Gasteiger partial charge is 0.377 e. The van der Waals surface area contributed by atoms with Crippen molar-refractivity contribution in [3.8, 4) is 11.5 Å². The van der Waals surface area contributed by atoms with E-state index in [0.29, 0.717) is 17.7 Å². The van der Waals surface area contributed by atoms with Crippen LogP contribution >= 0.6 is 0 Å². The number of carbonyl (C=O) groups excluding carboxylic acids is 1. The van der Waals surface area contributed by atoms with Gasteiger partial charge in [0.05, 0.1) is 19.8 Å². The fourth-order valence-electron chi connectivity index (χ4n) is 1.68. The normalized spacial score (nSPS) is 9.82. The molecule has 0 saturated carbocycles. The summed E-state index contributed by atoms with van der Waals surface area (Å²) in [6, 6.07) is 3.17. The Bertz CT molecular complexity index is 450. The van der Waals surface area contributed by atoms with Crippen LogP contribution in [0, 0.1) is 0 Å². The Morgan fingerprint density at radius 3 is 2.12 bits per heavy atom. The van der Waals surface area contributed by atoms with E-state index in [4.69, 9.17) is 14.6 Å². The Kier molecular flexibility index (Phi) is 4.09. The van der Waals surface area contributed by atoms with Crippen LogP contribution in [0.1, 0.15) is 22.8 Å². The summed E-state index contributed by atoms with van der Waals surface area (Å²) in [4.78, 5) is 22.4. The molecule has 0 aliphatic heterocycles. The molecule has 92 valence electrons. The highest BCUT2D eigenvalue weighted by Crippen LogP contribution is 2.31. The van der Waals surface area contributed by atoms with Gasteiger partial charge in [-0.2, -0.15) is 0 Å². The molecule has 5 nitrogen and oxygen atoms in total. The average Bonchev–Trinajstić information content (AvgIpc) is 2.35. The minimum atomic E-state index is -1.51. The summed E-state index contributed by atoms with van der Waals surface area (Å²) in [6.45, 7) is 1.82. The predicted molar refractivity (Wildman–Crippen MR) is 60.9 cm³/mol. The summed E-state index contributed by atoms with van der Waals surface area (Å²) >= 11 is 0. The number of ketones is 1. The second kappa shape index (κ2) is 5.34. The number of carboxylic acids is 1. The van der Waals surface area contributed by atoms with E-state index in [1.54, 1.807) is 6.07 Å². The molecule has 0 aromatic heterocycles. The first kappa shape index (κ1) is 13.0. The lowest BCUT2D eigenvalue weighted by atomic mass is 9.99. The van der Waals surface area contributed by atoms with E-state index in [1.165, 1.54) is 20.3 Å². The maximum absolute atomic E-state index is 11.6. The van der Waals surface area contributed by atoms with E-state index in [2.05, 4.69) is 0 Å². The Morgan fingerprint density at radius 2 is 1.71 bits per heavy atom. The minimum absolute atomic E-state index is 0.0573. The van der Waals surface area contributed by atoms with Crippen molar-refractivity contribution in [3.05, 3.63) is 23.3 Å². The molecule has 0 spiro atoms. The molecule has 0 fully saturated rings. The van der Waals surface area contributed by atoms with Gasteiger partial charge in [-0.25, -0.2) is 4.79 Å². The summed E-state index contributed by atoms with van der Waals surface area (Å²) in [5.74, 6) is -1.77. The number of hydrogen-bond donors (Lipinski definition) is 1. The number of aliphatic carboxylic acids is 1. The molecule has 1 N–H and O–H groups in total. The second-order valence-electron chi connectivity index (χ2n) is 3.31. The lowest BCUT2D eigenvalue weighted by molar-refractivity contribution is -0.131. The van der Waals surface area contributed by atoms with E-state index in [9.17, 15) is 9.59 Å². The standard InChI is InChI=1S/C12H14O5/c1-4-7-8(16-2)5-6-9(17-3)10(7)11(13)12(14)15/h5-6H,4H2,1-3H3,(H,14,15). The molecule has 0 atom stereocenters. The number of methoxy groups -OCH3 is 2. The van der Waals surface area contributed by atoms with Crippen LogP contribution in [0.25, 0.3) is 0 Å². The SMILES string of the molecule is CCc1c(OC)ccc(OC)c1C(=O)C(=O)O. The number of carbonyl (C=O) groups is 2. The zero-order valence-corrected chi connectivity index (χ0v) is 9.94. The minimum Gasteiger partial charge on any atom is -0.496 e. The van der Waals surface area contributed by atoms with Crippen LogP contribution < -0.4 is 9.47 Å². The third-order valence-electron chi connectivity index (χ3n) is 2.45. The molecule has 1 aromatic carbocycles. The molecule has 0 aliphatic rings. The van der Waals surface area contributed by atoms with Crippen LogP contribution in [-0.2, 0) is 11.2 Å². The van der Waals surface area contributed by atoms with E-state index in [-0.39, 0.29) is 11.3 Å². The Balaban J connectivity index is 3.50. The maximum Gasteiger partial charge on any atom is 0.377 e. The van der Waals surface area contributed by atoms with Gasteiger partial charge in [-0.15, -0.1) is 0 Å². The molecule has 17 heavy (non-hydrogen) atoms. The molecule has 0 amide bonds. The van der Waals surface area contributed by atoms with Gasteiger partial charge in [0, 0.05) is 5.56 Å². The van der Waals surface area contributed by atoms with Crippen molar-refractivity contribution >= 4 is 11.8 Å². The molecule has 5 heteroatoms. The van der Waals surface area contributed by atoms with E-state index in [1.807, 2.05) is 6.92 Å². The Morgan fingerprint density at radius 1 is 1.18 bits per heavy atom. The van der Waals surface area contributed by atoms with Gasteiger partial charge in [0.1, 0.15) is 11.5 Å². The van der Waals surface area contributed by atoms with Crippen LogP contribution in [0.15, 0.2) is 12.1 Å². The highest BCUT2D eigenvalue weighted by atomic mass is 16.5. The lowest BCUT2D eigenvalue weighted by Crippen LogP contribution is -2.16. The summed E-state index contributed by atoms with van der Waals surface area (Å²) < 4.78 is 10.1. The van der Waals surface area contributed by atoms with Crippen molar-refractivity contribution < 1.29 is 24.2 Å². The Hall–Kier alpha value is -2.04. The molecular formula is C12H14O5. The summed E-state index contributed by atoms with van der Waals surface area (Å²) in [5.41, 5.74) is 0.598. The van der Waals surface area contributed by atoms with Gasteiger partial charge in [0.2, 0.25) is 0 Å². The highest BCUT2D eigenvalue weighted by molar-refractivity contribution is 6.41. The first-order valence-corrected chi connectivity index (χ1v) is 5.08. The molecule has 1 aromatic rings. The van der Waals surface area contributed by atoms with Crippen LogP contribution in [0.4, 0.5) is 0 Å². The number of hydrogen-bond acceptors (Lipinski definition) is 4. The van der Waals surface area contributed by atoms with Gasteiger partial charge in [-0.1, -0.05) is 6.92 Å².